The summed E-state index contributed by atoms with van der Waals surface area (Å²) in [5.41, 5.74) is 3.81. The Bertz CT molecular complexity index is 939. The van der Waals surface area contributed by atoms with Crippen molar-refractivity contribution >= 4 is 34.1 Å². The molecule has 1 aliphatic rings. The van der Waals surface area contributed by atoms with Crippen molar-refractivity contribution in [2.45, 2.75) is 19.1 Å². The van der Waals surface area contributed by atoms with Gasteiger partial charge in [0, 0.05) is 46.8 Å². The summed E-state index contributed by atoms with van der Waals surface area (Å²) in [4.78, 5) is 5.51. The van der Waals surface area contributed by atoms with Crippen LogP contribution in [0.15, 0.2) is 36.4 Å². The number of benzene rings is 2. The van der Waals surface area contributed by atoms with Crippen molar-refractivity contribution in [3.8, 4) is 5.75 Å². The van der Waals surface area contributed by atoms with Gasteiger partial charge < -0.3 is 15.2 Å². The van der Waals surface area contributed by atoms with Crippen LogP contribution >= 0.6 is 23.2 Å². The average molecular weight is 377 g/mol. The van der Waals surface area contributed by atoms with Crippen LogP contribution in [0.25, 0.3) is 10.9 Å². The van der Waals surface area contributed by atoms with Crippen LogP contribution in [0.5, 0.6) is 5.75 Å². The Hall–Kier alpha value is -1.72. The number of nitrogens with one attached hydrogen (secondary N) is 1. The first-order valence-corrected chi connectivity index (χ1v) is 8.94. The molecule has 0 saturated heterocycles. The van der Waals surface area contributed by atoms with Gasteiger partial charge in [0.2, 0.25) is 0 Å². The molecule has 0 radical (unpaired) electrons. The SMILES string of the molecule is Oc1cc(Cl)cc2c3c([nH]c12)CN(CC(O)c1cccc(Cl)c1)CC3. The Morgan fingerprint density at radius 1 is 1.16 bits per heavy atom. The number of rotatable bonds is 3. The second kappa shape index (κ2) is 6.54. The van der Waals surface area contributed by atoms with Crippen LogP contribution in [0.2, 0.25) is 10.0 Å². The summed E-state index contributed by atoms with van der Waals surface area (Å²) in [6, 6.07) is 10.8. The zero-order valence-electron chi connectivity index (χ0n) is 13.5. The number of phenols is 1. The second-order valence-electron chi connectivity index (χ2n) is 6.49. The number of aliphatic hydroxyl groups is 1. The van der Waals surface area contributed by atoms with E-state index in [9.17, 15) is 10.2 Å². The quantitative estimate of drug-likeness (QED) is 0.639. The van der Waals surface area contributed by atoms with E-state index in [0.717, 1.165) is 35.1 Å². The molecule has 0 saturated carbocycles. The van der Waals surface area contributed by atoms with Gasteiger partial charge in [-0.15, -0.1) is 0 Å². The number of hydrogen-bond donors (Lipinski definition) is 3. The van der Waals surface area contributed by atoms with E-state index in [1.807, 2.05) is 18.2 Å². The largest absolute Gasteiger partial charge is 0.506 e. The Balaban J connectivity index is 1.56. The van der Waals surface area contributed by atoms with Gasteiger partial charge in [0.05, 0.1) is 11.6 Å². The van der Waals surface area contributed by atoms with Crippen molar-refractivity contribution in [1.29, 1.82) is 0 Å². The van der Waals surface area contributed by atoms with Gasteiger partial charge in [-0.3, -0.25) is 4.90 Å². The molecule has 3 aromatic rings. The predicted molar refractivity (Wildman–Crippen MR) is 100 cm³/mol. The first kappa shape index (κ1) is 16.7. The maximum Gasteiger partial charge on any atom is 0.141 e. The smallest absolute Gasteiger partial charge is 0.141 e. The summed E-state index contributed by atoms with van der Waals surface area (Å²) in [7, 11) is 0. The van der Waals surface area contributed by atoms with Gasteiger partial charge in [-0.2, -0.15) is 0 Å². The topological polar surface area (TPSA) is 59.5 Å². The summed E-state index contributed by atoms with van der Waals surface area (Å²) in [5, 5.41) is 22.7. The van der Waals surface area contributed by atoms with Gasteiger partial charge in [-0.05, 0) is 35.7 Å². The number of aliphatic hydroxyl groups excluding tert-OH is 1. The number of nitrogens with zero attached hydrogens (tertiary/aromatic N) is 1. The number of hydrogen-bond acceptors (Lipinski definition) is 3. The molecule has 0 spiro atoms. The summed E-state index contributed by atoms with van der Waals surface area (Å²) >= 11 is 12.1. The third-order valence-corrected chi connectivity index (χ3v) is 5.23. The zero-order chi connectivity index (χ0) is 17.6. The van der Waals surface area contributed by atoms with E-state index in [0.29, 0.717) is 23.1 Å². The minimum Gasteiger partial charge on any atom is -0.506 e. The highest BCUT2D eigenvalue weighted by atomic mass is 35.5. The monoisotopic (exact) mass is 376 g/mol. The van der Waals surface area contributed by atoms with E-state index in [1.54, 1.807) is 18.2 Å². The minimum atomic E-state index is -0.590. The Morgan fingerprint density at radius 2 is 2.00 bits per heavy atom. The molecular weight excluding hydrogens is 359 g/mol. The molecule has 4 rings (SSSR count). The molecular formula is C19H18Cl2N2O2. The van der Waals surface area contributed by atoms with Gasteiger partial charge in [0.15, 0.2) is 0 Å². The standard InChI is InChI=1S/C19H18Cl2N2O2/c20-12-3-1-2-11(6-12)18(25)10-23-5-4-14-15-7-13(21)8-17(24)19(15)22-16(14)9-23/h1-3,6-8,18,22,24-25H,4-5,9-10H2. The van der Waals surface area contributed by atoms with Gasteiger partial charge in [-0.25, -0.2) is 0 Å². The number of halogens is 2. The van der Waals surface area contributed by atoms with E-state index in [2.05, 4.69) is 9.88 Å². The predicted octanol–water partition coefficient (Wildman–Crippen LogP) is 4.27. The molecule has 1 atom stereocenters. The summed E-state index contributed by atoms with van der Waals surface area (Å²) < 4.78 is 0. The summed E-state index contributed by atoms with van der Waals surface area (Å²) in [5.74, 6) is 0.169. The molecule has 1 aliphatic heterocycles. The minimum absolute atomic E-state index is 0.169. The molecule has 2 heterocycles. The van der Waals surface area contributed by atoms with Crippen LogP contribution in [0.1, 0.15) is 22.9 Å². The number of fused-ring (bicyclic) bond motifs is 3. The number of aromatic amines is 1. The normalized spacial score (nSPS) is 16.1. The second-order valence-corrected chi connectivity index (χ2v) is 7.36. The average Bonchev–Trinajstić information content (AvgIpc) is 2.93. The molecule has 0 amide bonds. The van der Waals surface area contributed by atoms with Crippen LogP contribution < -0.4 is 0 Å². The zero-order valence-corrected chi connectivity index (χ0v) is 15.0. The van der Waals surface area contributed by atoms with Gasteiger partial charge in [0.25, 0.3) is 0 Å². The van der Waals surface area contributed by atoms with Crippen LogP contribution in [-0.4, -0.2) is 33.2 Å². The highest BCUT2D eigenvalue weighted by molar-refractivity contribution is 6.31. The Morgan fingerprint density at radius 3 is 2.80 bits per heavy atom. The highest BCUT2D eigenvalue weighted by Crippen LogP contribution is 2.35. The molecule has 0 fully saturated rings. The molecule has 25 heavy (non-hydrogen) atoms. The van der Waals surface area contributed by atoms with Crippen molar-refractivity contribution in [3.63, 3.8) is 0 Å². The van der Waals surface area contributed by atoms with E-state index >= 15 is 0 Å². The number of phenolic OH excluding ortho intramolecular Hbond substituents is 1. The fourth-order valence-electron chi connectivity index (χ4n) is 3.56. The lowest BCUT2D eigenvalue weighted by atomic mass is 10.0. The van der Waals surface area contributed by atoms with Crippen LogP contribution in [0.3, 0.4) is 0 Å². The van der Waals surface area contributed by atoms with Gasteiger partial charge in [0.1, 0.15) is 5.75 Å². The van der Waals surface area contributed by atoms with Gasteiger partial charge in [-0.1, -0.05) is 35.3 Å². The van der Waals surface area contributed by atoms with Crippen molar-refractivity contribution in [1.82, 2.24) is 9.88 Å². The third-order valence-electron chi connectivity index (χ3n) is 4.77. The lowest BCUT2D eigenvalue weighted by Crippen LogP contribution is -2.33. The van der Waals surface area contributed by atoms with Gasteiger partial charge >= 0.3 is 0 Å². The van der Waals surface area contributed by atoms with Crippen molar-refractivity contribution in [2.24, 2.45) is 0 Å². The molecule has 6 heteroatoms. The Labute approximate surface area is 155 Å². The Kier molecular flexibility index (Phi) is 4.38. The number of aromatic hydroxyl groups is 1. The van der Waals surface area contributed by atoms with Crippen molar-refractivity contribution in [2.75, 3.05) is 13.1 Å². The number of aromatic nitrogens is 1. The molecule has 0 aliphatic carbocycles. The molecule has 1 aromatic heterocycles. The van der Waals surface area contributed by atoms with Crippen LogP contribution in [0.4, 0.5) is 0 Å². The lowest BCUT2D eigenvalue weighted by Gasteiger charge is -2.29. The van der Waals surface area contributed by atoms with E-state index in [1.165, 1.54) is 5.56 Å². The van der Waals surface area contributed by atoms with Crippen LogP contribution in [0, 0.1) is 0 Å². The van der Waals surface area contributed by atoms with E-state index in [4.69, 9.17) is 23.2 Å². The fourth-order valence-corrected chi connectivity index (χ4v) is 3.97. The third kappa shape index (κ3) is 3.23. The first-order chi connectivity index (χ1) is 12.0. The van der Waals surface area contributed by atoms with Crippen molar-refractivity contribution < 1.29 is 10.2 Å². The lowest BCUT2D eigenvalue weighted by molar-refractivity contribution is 0.105. The molecule has 2 aromatic carbocycles. The van der Waals surface area contributed by atoms with Crippen molar-refractivity contribution in [3.05, 3.63) is 63.3 Å². The van der Waals surface area contributed by atoms with E-state index < -0.39 is 6.10 Å². The first-order valence-electron chi connectivity index (χ1n) is 8.19. The molecule has 3 N–H and O–H groups in total. The fraction of sp³-hybridized carbons (Fsp3) is 0.263. The van der Waals surface area contributed by atoms with E-state index in [-0.39, 0.29) is 5.75 Å². The maximum atomic E-state index is 10.5. The van der Waals surface area contributed by atoms with Crippen LogP contribution in [-0.2, 0) is 13.0 Å². The highest BCUT2D eigenvalue weighted by Gasteiger charge is 2.24. The molecule has 4 nitrogen and oxygen atoms in total. The molecule has 1 unspecified atom stereocenters. The maximum absolute atomic E-state index is 10.5. The summed E-state index contributed by atoms with van der Waals surface area (Å²) in [6.45, 7) is 2.06. The number of H-pyrrole nitrogens is 1. The summed E-state index contributed by atoms with van der Waals surface area (Å²) in [6.07, 6.45) is 0.254. The molecule has 0 bridgehead atoms. The number of β-amino-alcohol motifs (C(OH)–C–C–N with tert-alkyl or cyclic N) is 1. The molecule has 130 valence electrons.